The quantitative estimate of drug-likeness (QED) is 0.693. The van der Waals surface area contributed by atoms with Crippen LogP contribution in [0.5, 0.6) is 0 Å². The maximum absolute atomic E-state index is 11.6. The van der Waals surface area contributed by atoms with E-state index in [1.54, 1.807) is 6.20 Å². The number of aliphatic hydroxyl groups excluding tert-OH is 1. The van der Waals surface area contributed by atoms with Crippen molar-refractivity contribution >= 4 is 6.03 Å². The van der Waals surface area contributed by atoms with E-state index in [0.29, 0.717) is 18.9 Å². The van der Waals surface area contributed by atoms with Crippen molar-refractivity contribution in [3.63, 3.8) is 0 Å². The average Bonchev–Trinajstić information content (AvgIpc) is 2.80. The van der Waals surface area contributed by atoms with E-state index in [1.807, 2.05) is 17.7 Å². The summed E-state index contributed by atoms with van der Waals surface area (Å²) >= 11 is 0. The molecule has 6 nitrogen and oxygen atoms in total. The van der Waals surface area contributed by atoms with E-state index in [0.717, 1.165) is 12.4 Å². The first-order valence-corrected chi connectivity index (χ1v) is 6.72. The van der Waals surface area contributed by atoms with E-state index in [2.05, 4.69) is 29.5 Å². The van der Waals surface area contributed by atoms with Gasteiger partial charge in [-0.1, -0.05) is 20.8 Å². The lowest BCUT2D eigenvalue weighted by Gasteiger charge is -2.15. The van der Waals surface area contributed by atoms with Crippen molar-refractivity contribution in [1.82, 2.24) is 20.2 Å². The zero-order valence-electron chi connectivity index (χ0n) is 11.9. The number of nitrogens with one attached hydrogen (secondary N) is 2. The molecule has 0 aromatic carbocycles. The highest BCUT2D eigenvalue weighted by molar-refractivity contribution is 5.74. The lowest BCUT2D eigenvalue weighted by molar-refractivity contribution is 0.214. The standard InChI is InChI=1S/C13H24N4O2/c1-4-11(9-18)16-13(19)15-7-12-14-5-6-17(12)8-10(2)3/h5-6,10-11,18H,4,7-9H2,1-3H3,(H2,15,16,19). The smallest absolute Gasteiger partial charge is 0.315 e. The first-order valence-electron chi connectivity index (χ1n) is 6.72. The van der Waals surface area contributed by atoms with Crippen LogP contribution < -0.4 is 10.6 Å². The summed E-state index contributed by atoms with van der Waals surface area (Å²) in [6.07, 6.45) is 4.35. The van der Waals surface area contributed by atoms with Gasteiger partial charge in [0, 0.05) is 18.9 Å². The molecule has 0 aliphatic rings. The van der Waals surface area contributed by atoms with E-state index >= 15 is 0 Å². The Balaban J connectivity index is 2.44. The van der Waals surface area contributed by atoms with E-state index in [-0.39, 0.29) is 18.7 Å². The second kappa shape index (κ2) is 7.78. The van der Waals surface area contributed by atoms with Crippen molar-refractivity contribution in [2.75, 3.05) is 6.61 Å². The molecule has 1 unspecified atom stereocenters. The third kappa shape index (κ3) is 5.30. The molecule has 0 radical (unpaired) electrons. The summed E-state index contributed by atoms with van der Waals surface area (Å²) in [6.45, 7) is 7.40. The maximum atomic E-state index is 11.6. The van der Waals surface area contributed by atoms with E-state index in [9.17, 15) is 4.79 Å². The summed E-state index contributed by atoms with van der Waals surface area (Å²) < 4.78 is 2.04. The molecule has 2 amide bonds. The van der Waals surface area contributed by atoms with Gasteiger partial charge in [-0.25, -0.2) is 9.78 Å². The molecule has 0 fully saturated rings. The van der Waals surface area contributed by atoms with Gasteiger partial charge in [0.2, 0.25) is 0 Å². The molecule has 3 N–H and O–H groups in total. The van der Waals surface area contributed by atoms with Crippen molar-refractivity contribution < 1.29 is 9.90 Å². The molecular formula is C13H24N4O2. The highest BCUT2D eigenvalue weighted by Crippen LogP contribution is 2.03. The van der Waals surface area contributed by atoms with E-state index < -0.39 is 0 Å². The number of rotatable bonds is 7. The minimum atomic E-state index is -0.278. The number of hydrogen-bond donors (Lipinski definition) is 3. The number of carbonyl (C=O) groups is 1. The number of imidazole rings is 1. The monoisotopic (exact) mass is 268 g/mol. The molecule has 1 heterocycles. The van der Waals surface area contributed by atoms with Crippen LogP contribution in [0.2, 0.25) is 0 Å². The fourth-order valence-electron chi connectivity index (χ4n) is 1.74. The third-order valence-corrected chi connectivity index (χ3v) is 2.82. The minimum absolute atomic E-state index is 0.0497. The van der Waals surface area contributed by atoms with E-state index in [4.69, 9.17) is 5.11 Å². The normalized spacial score (nSPS) is 12.5. The van der Waals surface area contributed by atoms with Gasteiger partial charge in [0.05, 0.1) is 19.2 Å². The van der Waals surface area contributed by atoms with Gasteiger partial charge in [-0.05, 0) is 12.3 Å². The first kappa shape index (κ1) is 15.5. The molecule has 1 aromatic rings. The molecule has 1 aromatic heterocycles. The summed E-state index contributed by atoms with van der Waals surface area (Å²) in [5.74, 6) is 1.36. The Morgan fingerprint density at radius 2 is 2.26 bits per heavy atom. The molecule has 0 saturated carbocycles. The molecule has 0 saturated heterocycles. The summed E-state index contributed by atoms with van der Waals surface area (Å²) in [4.78, 5) is 15.9. The van der Waals surface area contributed by atoms with Crippen LogP contribution in [0, 0.1) is 5.92 Å². The van der Waals surface area contributed by atoms with Crippen LogP contribution in [0.25, 0.3) is 0 Å². The van der Waals surface area contributed by atoms with Crippen LogP contribution >= 0.6 is 0 Å². The zero-order chi connectivity index (χ0) is 14.3. The van der Waals surface area contributed by atoms with Crippen LogP contribution in [-0.4, -0.2) is 33.3 Å². The number of nitrogens with zero attached hydrogens (tertiary/aromatic N) is 2. The highest BCUT2D eigenvalue weighted by Gasteiger charge is 2.10. The van der Waals surface area contributed by atoms with Gasteiger partial charge >= 0.3 is 6.03 Å². The first-order chi connectivity index (χ1) is 9.06. The minimum Gasteiger partial charge on any atom is -0.394 e. The predicted octanol–water partition coefficient (Wildman–Crippen LogP) is 1.11. The number of aliphatic hydroxyl groups is 1. The van der Waals surface area contributed by atoms with E-state index in [1.165, 1.54) is 0 Å². The lowest BCUT2D eigenvalue weighted by Crippen LogP contribution is -2.43. The van der Waals surface area contributed by atoms with Gasteiger partial charge in [-0.3, -0.25) is 0 Å². The maximum Gasteiger partial charge on any atom is 0.315 e. The Labute approximate surface area is 114 Å². The van der Waals surface area contributed by atoms with Gasteiger partial charge in [-0.2, -0.15) is 0 Å². The molecule has 0 aliphatic heterocycles. The molecule has 0 aliphatic carbocycles. The number of amides is 2. The number of carbonyl (C=O) groups excluding carboxylic acids is 1. The topological polar surface area (TPSA) is 79.2 Å². The SMILES string of the molecule is CCC(CO)NC(=O)NCc1nccn1CC(C)C. The Morgan fingerprint density at radius 3 is 2.84 bits per heavy atom. The highest BCUT2D eigenvalue weighted by atomic mass is 16.3. The number of hydrogen-bond acceptors (Lipinski definition) is 3. The Morgan fingerprint density at radius 1 is 1.53 bits per heavy atom. The van der Waals surface area contributed by atoms with Gasteiger partial charge in [0.1, 0.15) is 5.82 Å². The van der Waals surface area contributed by atoms with Gasteiger partial charge < -0.3 is 20.3 Å². The average molecular weight is 268 g/mol. The van der Waals surface area contributed by atoms with Crippen molar-refractivity contribution in [2.45, 2.75) is 46.3 Å². The summed E-state index contributed by atoms with van der Waals surface area (Å²) in [6, 6.07) is -0.476. The molecule has 19 heavy (non-hydrogen) atoms. The second-order valence-corrected chi connectivity index (χ2v) is 5.00. The van der Waals surface area contributed by atoms with Crippen molar-refractivity contribution in [2.24, 2.45) is 5.92 Å². The van der Waals surface area contributed by atoms with Crippen molar-refractivity contribution in [3.05, 3.63) is 18.2 Å². The lowest BCUT2D eigenvalue weighted by atomic mass is 10.2. The second-order valence-electron chi connectivity index (χ2n) is 5.00. The third-order valence-electron chi connectivity index (χ3n) is 2.82. The van der Waals surface area contributed by atoms with Gasteiger partial charge in [-0.15, -0.1) is 0 Å². The summed E-state index contributed by atoms with van der Waals surface area (Å²) in [7, 11) is 0. The molecule has 0 bridgehead atoms. The number of urea groups is 1. The number of aromatic nitrogens is 2. The fourth-order valence-corrected chi connectivity index (χ4v) is 1.74. The van der Waals surface area contributed by atoms with Crippen LogP contribution in [0.3, 0.4) is 0 Å². The Kier molecular flexibility index (Phi) is 6.35. The molecular weight excluding hydrogens is 244 g/mol. The fraction of sp³-hybridized carbons (Fsp3) is 0.692. The molecule has 1 atom stereocenters. The molecule has 1 rings (SSSR count). The molecule has 0 spiro atoms. The van der Waals surface area contributed by atoms with Crippen molar-refractivity contribution in [1.29, 1.82) is 0 Å². The molecule has 6 heteroatoms. The largest absolute Gasteiger partial charge is 0.394 e. The Hall–Kier alpha value is -1.56. The summed E-state index contributed by atoms with van der Waals surface area (Å²) in [5, 5.41) is 14.5. The zero-order valence-corrected chi connectivity index (χ0v) is 11.9. The van der Waals surface area contributed by atoms with Crippen LogP contribution in [0.15, 0.2) is 12.4 Å². The van der Waals surface area contributed by atoms with Gasteiger partial charge in [0.25, 0.3) is 0 Å². The van der Waals surface area contributed by atoms with Crippen LogP contribution in [-0.2, 0) is 13.1 Å². The van der Waals surface area contributed by atoms with Crippen molar-refractivity contribution in [3.8, 4) is 0 Å². The van der Waals surface area contributed by atoms with Crippen LogP contribution in [0.4, 0.5) is 4.79 Å². The predicted molar refractivity (Wildman–Crippen MR) is 73.6 cm³/mol. The van der Waals surface area contributed by atoms with Crippen LogP contribution in [0.1, 0.15) is 33.0 Å². The molecule has 108 valence electrons. The summed E-state index contributed by atoms with van der Waals surface area (Å²) in [5.41, 5.74) is 0. The Bertz CT molecular complexity index is 386. The van der Waals surface area contributed by atoms with Gasteiger partial charge in [0.15, 0.2) is 0 Å².